The van der Waals surface area contributed by atoms with E-state index < -0.39 is 0 Å². The fraction of sp³-hybridized carbons (Fsp3) is 0.533. The van der Waals surface area contributed by atoms with Gasteiger partial charge in [0.1, 0.15) is 0 Å². The Labute approximate surface area is 125 Å². The number of nitrogens with one attached hydrogen (secondary N) is 1. The average Bonchev–Trinajstić information content (AvgIpc) is 2.51. The largest absolute Gasteiger partial charge is 0.493 e. The molecule has 0 heterocycles. The van der Waals surface area contributed by atoms with Gasteiger partial charge in [-0.05, 0) is 30.5 Å². The second-order valence-electron chi connectivity index (χ2n) is 4.66. The van der Waals surface area contributed by atoms with Gasteiger partial charge in [-0.1, -0.05) is 6.92 Å². The number of carbonyl (C=O) groups is 1. The lowest BCUT2D eigenvalue weighted by molar-refractivity contribution is -0.122. The number of rotatable bonds is 8. The Bertz CT molecular complexity index is 452. The van der Waals surface area contributed by atoms with Crippen LogP contribution < -0.4 is 25.3 Å². The monoisotopic (exact) mass is 296 g/mol. The molecular formula is C15H24N2O4. The molecule has 0 aromatic heterocycles. The Hall–Kier alpha value is -1.95. The van der Waals surface area contributed by atoms with Crippen molar-refractivity contribution < 1.29 is 19.0 Å². The van der Waals surface area contributed by atoms with E-state index in [-0.39, 0.29) is 18.6 Å². The maximum absolute atomic E-state index is 11.3. The molecule has 0 saturated carbocycles. The fourth-order valence-corrected chi connectivity index (χ4v) is 1.85. The van der Waals surface area contributed by atoms with Crippen molar-refractivity contribution >= 4 is 5.91 Å². The first-order valence-electron chi connectivity index (χ1n) is 6.89. The molecule has 0 saturated heterocycles. The zero-order valence-electron chi connectivity index (χ0n) is 13.1. The summed E-state index contributed by atoms with van der Waals surface area (Å²) in [5, 5.41) is 2.49. The van der Waals surface area contributed by atoms with Crippen molar-refractivity contribution in [2.75, 3.05) is 27.9 Å². The number of carbonyl (C=O) groups excluding carboxylic acids is 1. The number of hydrogen-bond donors (Lipinski definition) is 2. The van der Waals surface area contributed by atoms with E-state index in [1.54, 1.807) is 21.3 Å². The molecule has 6 heteroatoms. The minimum Gasteiger partial charge on any atom is -0.493 e. The van der Waals surface area contributed by atoms with Crippen LogP contribution in [0.5, 0.6) is 17.2 Å². The second kappa shape index (κ2) is 8.36. The normalized spacial score (nSPS) is 11.7. The van der Waals surface area contributed by atoms with E-state index >= 15 is 0 Å². The van der Waals surface area contributed by atoms with Gasteiger partial charge >= 0.3 is 0 Å². The first kappa shape index (κ1) is 17.1. The van der Waals surface area contributed by atoms with Crippen molar-refractivity contribution in [2.45, 2.75) is 25.8 Å². The molecule has 21 heavy (non-hydrogen) atoms. The van der Waals surface area contributed by atoms with Crippen LogP contribution in [0.2, 0.25) is 0 Å². The smallest absolute Gasteiger partial charge is 0.257 e. The van der Waals surface area contributed by atoms with Gasteiger partial charge in [0.05, 0.1) is 14.2 Å². The van der Waals surface area contributed by atoms with Crippen molar-refractivity contribution in [3.05, 3.63) is 17.7 Å². The lowest BCUT2D eigenvalue weighted by Crippen LogP contribution is -2.25. The van der Waals surface area contributed by atoms with Crippen LogP contribution in [-0.4, -0.2) is 39.8 Å². The quantitative estimate of drug-likeness (QED) is 0.751. The van der Waals surface area contributed by atoms with Crippen LogP contribution in [0, 0.1) is 0 Å². The van der Waals surface area contributed by atoms with E-state index in [0.29, 0.717) is 17.2 Å². The molecule has 1 rings (SSSR count). The van der Waals surface area contributed by atoms with E-state index in [1.807, 2.05) is 19.1 Å². The molecule has 1 aromatic carbocycles. The molecule has 0 aliphatic rings. The molecule has 0 spiro atoms. The van der Waals surface area contributed by atoms with Gasteiger partial charge in [-0.3, -0.25) is 4.79 Å². The van der Waals surface area contributed by atoms with Gasteiger partial charge < -0.3 is 25.3 Å². The predicted octanol–water partition coefficient (Wildman–Crippen LogP) is 1.11. The number of nitrogens with two attached hydrogens (primary N) is 1. The van der Waals surface area contributed by atoms with Gasteiger partial charge in [0, 0.05) is 13.1 Å². The summed E-state index contributed by atoms with van der Waals surface area (Å²) in [6.45, 7) is 1.94. The van der Waals surface area contributed by atoms with E-state index in [1.165, 1.54) is 0 Å². The fourth-order valence-electron chi connectivity index (χ4n) is 1.85. The molecule has 0 radical (unpaired) electrons. The molecule has 0 fully saturated rings. The highest BCUT2D eigenvalue weighted by atomic mass is 16.5. The van der Waals surface area contributed by atoms with E-state index in [2.05, 4.69) is 5.32 Å². The number of hydrogen-bond acceptors (Lipinski definition) is 5. The molecule has 1 unspecified atom stereocenters. The van der Waals surface area contributed by atoms with Crippen LogP contribution in [0.15, 0.2) is 12.1 Å². The highest BCUT2D eigenvalue weighted by Crippen LogP contribution is 2.38. The minimum atomic E-state index is -0.226. The van der Waals surface area contributed by atoms with Gasteiger partial charge in [0.15, 0.2) is 18.1 Å². The van der Waals surface area contributed by atoms with Crippen molar-refractivity contribution in [1.29, 1.82) is 0 Å². The summed E-state index contributed by atoms with van der Waals surface area (Å²) >= 11 is 0. The molecule has 1 atom stereocenters. The van der Waals surface area contributed by atoms with Crippen molar-refractivity contribution in [3.8, 4) is 17.2 Å². The Morgan fingerprint density at radius 3 is 2.29 bits per heavy atom. The summed E-state index contributed by atoms with van der Waals surface area (Å²) in [7, 11) is 4.64. The summed E-state index contributed by atoms with van der Waals surface area (Å²) in [5.41, 5.74) is 6.98. The number of ether oxygens (including phenoxy) is 3. The molecule has 1 amide bonds. The number of methoxy groups -OCH3 is 2. The van der Waals surface area contributed by atoms with Crippen LogP contribution >= 0.6 is 0 Å². The molecule has 0 aliphatic carbocycles. The standard InChI is InChI=1S/C15H24N2O4/c1-5-11(16)6-10-7-12(19-3)15(13(8-10)20-4)21-9-14(18)17-2/h7-8,11H,5-6,9,16H2,1-4H3,(H,17,18). The Morgan fingerprint density at radius 1 is 1.29 bits per heavy atom. The zero-order valence-corrected chi connectivity index (χ0v) is 13.1. The summed E-state index contributed by atoms with van der Waals surface area (Å²) in [6.07, 6.45) is 1.61. The maximum atomic E-state index is 11.3. The third-order valence-electron chi connectivity index (χ3n) is 3.17. The Balaban J connectivity index is 3.03. The van der Waals surface area contributed by atoms with Gasteiger partial charge in [-0.2, -0.15) is 0 Å². The molecule has 1 aromatic rings. The van der Waals surface area contributed by atoms with E-state index in [9.17, 15) is 4.79 Å². The van der Waals surface area contributed by atoms with Crippen molar-refractivity contribution in [1.82, 2.24) is 5.32 Å². The molecule has 0 aliphatic heterocycles. The van der Waals surface area contributed by atoms with Crippen LogP contribution in [0.3, 0.4) is 0 Å². The predicted molar refractivity (Wildman–Crippen MR) is 81.1 cm³/mol. The maximum Gasteiger partial charge on any atom is 0.257 e. The van der Waals surface area contributed by atoms with Gasteiger partial charge in [0.25, 0.3) is 5.91 Å². The average molecular weight is 296 g/mol. The highest BCUT2D eigenvalue weighted by molar-refractivity contribution is 5.77. The van der Waals surface area contributed by atoms with Crippen molar-refractivity contribution in [2.24, 2.45) is 5.73 Å². The van der Waals surface area contributed by atoms with E-state index in [4.69, 9.17) is 19.9 Å². The molecule has 3 N–H and O–H groups in total. The van der Waals surface area contributed by atoms with Crippen molar-refractivity contribution in [3.63, 3.8) is 0 Å². The van der Waals surface area contributed by atoms with E-state index in [0.717, 1.165) is 18.4 Å². The topological polar surface area (TPSA) is 82.8 Å². The first-order chi connectivity index (χ1) is 10.0. The third kappa shape index (κ3) is 4.82. The first-order valence-corrected chi connectivity index (χ1v) is 6.89. The Morgan fingerprint density at radius 2 is 1.86 bits per heavy atom. The van der Waals surface area contributed by atoms with Gasteiger partial charge in [-0.25, -0.2) is 0 Å². The molecular weight excluding hydrogens is 272 g/mol. The molecule has 6 nitrogen and oxygen atoms in total. The molecule has 0 bridgehead atoms. The van der Waals surface area contributed by atoms with Crippen LogP contribution in [0.1, 0.15) is 18.9 Å². The summed E-state index contributed by atoms with van der Waals surface area (Å²) < 4.78 is 16.2. The second-order valence-corrected chi connectivity index (χ2v) is 4.66. The summed E-state index contributed by atoms with van der Waals surface area (Å²) in [5.74, 6) is 1.24. The van der Waals surface area contributed by atoms with Gasteiger partial charge in [-0.15, -0.1) is 0 Å². The summed E-state index contributed by atoms with van der Waals surface area (Å²) in [6, 6.07) is 3.80. The van der Waals surface area contributed by atoms with Crippen LogP contribution in [0.25, 0.3) is 0 Å². The SMILES string of the molecule is CCC(N)Cc1cc(OC)c(OCC(=O)NC)c(OC)c1. The van der Waals surface area contributed by atoms with Crippen LogP contribution in [0.4, 0.5) is 0 Å². The Kier molecular flexibility index (Phi) is 6.81. The van der Waals surface area contributed by atoms with Gasteiger partial charge in [0.2, 0.25) is 5.75 Å². The lowest BCUT2D eigenvalue weighted by Gasteiger charge is -2.17. The highest BCUT2D eigenvalue weighted by Gasteiger charge is 2.16. The lowest BCUT2D eigenvalue weighted by atomic mass is 10.0. The third-order valence-corrected chi connectivity index (χ3v) is 3.17. The zero-order chi connectivity index (χ0) is 15.8. The number of likely N-dealkylation sites (N-methyl/N-ethyl adjacent to an activating group) is 1. The summed E-state index contributed by atoms with van der Waals surface area (Å²) in [4.78, 5) is 11.3. The van der Waals surface area contributed by atoms with Crippen LogP contribution in [-0.2, 0) is 11.2 Å². The number of benzene rings is 1. The molecule has 118 valence electrons. The minimum absolute atomic E-state index is 0.0806. The number of amides is 1.